The summed E-state index contributed by atoms with van der Waals surface area (Å²) in [6.07, 6.45) is 3.86. The molecule has 0 unspecified atom stereocenters. The number of hydrogen-bond donors (Lipinski definition) is 0. The second-order valence-electron chi connectivity index (χ2n) is 9.90. The quantitative estimate of drug-likeness (QED) is 0.353. The van der Waals surface area contributed by atoms with Crippen molar-refractivity contribution in [2.24, 2.45) is 0 Å². The average Bonchev–Trinajstić information content (AvgIpc) is 3.31. The van der Waals surface area contributed by atoms with Crippen molar-refractivity contribution in [2.45, 2.75) is 77.6 Å². The van der Waals surface area contributed by atoms with Gasteiger partial charge in [0.2, 0.25) is 16.6 Å². The van der Waals surface area contributed by atoms with Gasteiger partial charge in [-0.3, -0.25) is 0 Å². The zero-order chi connectivity index (χ0) is 24.4. The molecule has 0 spiro atoms. The molecule has 6 nitrogen and oxygen atoms in total. The van der Waals surface area contributed by atoms with Gasteiger partial charge >= 0.3 is 11.9 Å². The number of methoxy groups -OCH3 is 2. The third-order valence-electron chi connectivity index (χ3n) is 7.05. The van der Waals surface area contributed by atoms with Crippen LogP contribution in [0.25, 0.3) is 0 Å². The summed E-state index contributed by atoms with van der Waals surface area (Å²) >= 11 is 0. The van der Waals surface area contributed by atoms with Crippen LogP contribution >= 0.6 is 0 Å². The topological polar surface area (TPSA) is 71.1 Å². The molecule has 0 bridgehead atoms. The number of carbonyl (C=O) groups excluding carboxylic acids is 2. The number of ether oxygens (including phenoxy) is 2. The van der Waals surface area contributed by atoms with Gasteiger partial charge in [-0.1, -0.05) is 67.5 Å². The van der Waals surface area contributed by atoms with E-state index in [9.17, 15) is 9.59 Å². The lowest BCUT2D eigenvalue weighted by Gasteiger charge is -2.35. The molecule has 32 heavy (non-hydrogen) atoms. The van der Waals surface area contributed by atoms with E-state index in [1.807, 2.05) is 12.2 Å². The fourth-order valence-corrected chi connectivity index (χ4v) is 15.1. The van der Waals surface area contributed by atoms with Gasteiger partial charge in [-0.25, -0.2) is 9.59 Å². The molecule has 0 N–H and O–H groups in total. The molecule has 0 amide bonds. The van der Waals surface area contributed by atoms with Crippen LogP contribution in [0.3, 0.4) is 0 Å². The number of rotatable bonds is 8. The summed E-state index contributed by atoms with van der Waals surface area (Å²) in [4.78, 5) is 25.8. The van der Waals surface area contributed by atoms with E-state index in [-0.39, 0.29) is 34.1 Å². The average molecular weight is 481 g/mol. The van der Waals surface area contributed by atoms with Crippen LogP contribution in [0.2, 0.25) is 22.2 Å². The Morgan fingerprint density at radius 3 is 1.19 bits per heavy atom. The van der Waals surface area contributed by atoms with Gasteiger partial charge in [-0.2, -0.15) is 0 Å². The van der Waals surface area contributed by atoms with E-state index >= 15 is 0 Å². The maximum atomic E-state index is 12.9. The molecule has 0 aromatic carbocycles. The van der Waals surface area contributed by atoms with Crippen LogP contribution in [0.4, 0.5) is 0 Å². The summed E-state index contributed by atoms with van der Waals surface area (Å²) in [7, 11) is -2.21. The Kier molecular flexibility index (Phi) is 8.53. The predicted molar refractivity (Wildman–Crippen MR) is 131 cm³/mol. The second-order valence-corrected chi connectivity index (χ2v) is 19.3. The van der Waals surface area contributed by atoms with Gasteiger partial charge in [-0.15, -0.1) is 0 Å². The van der Waals surface area contributed by atoms with Crippen LogP contribution in [-0.4, -0.2) is 56.0 Å². The van der Waals surface area contributed by atoms with Crippen molar-refractivity contribution in [1.82, 2.24) is 0 Å². The maximum absolute atomic E-state index is 12.9. The monoisotopic (exact) mass is 480 g/mol. The van der Waals surface area contributed by atoms with E-state index in [1.54, 1.807) is 0 Å². The fourth-order valence-electron chi connectivity index (χ4n) is 5.59. The van der Waals surface area contributed by atoms with Gasteiger partial charge in [0.15, 0.2) is 0 Å². The summed E-state index contributed by atoms with van der Waals surface area (Å²) < 4.78 is 23.2. The van der Waals surface area contributed by atoms with Crippen molar-refractivity contribution in [1.29, 1.82) is 0 Å². The number of carbonyl (C=O) groups is 2. The first-order chi connectivity index (χ1) is 14.9. The van der Waals surface area contributed by atoms with Crippen LogP contribution in [0.5, 0.6) is 0 Å². The SMILES string of the molecule is COC(=O)C1=C(/C=C/C2=C(C(=O)OC)[Si](C(C)C)(C(C)C)OC2)CO[Si]1(C(C)C)C(C)C. The molecule has 2 aliphatic rings. The molecule has 0 radical (unpaired) electrons. The molecule has 2 heterocycles. The first-order valence-corrected chi connectivity index (χ1v) is 15.6. The Bertz CT molecular complexity index is 751. The molecule has 0 fully saturated rings. The van der Waals surface area contributed by atoms with Crippen molar-refractivity contribution in [2.75, 3.05) is 27.4 Å². The Morgan fingerprint density at radius 1 is 0.688 bits per heavy atom. The van der Waals surface area contributed by atoms with Gasteiger partial charge < -0.3 is 18.3 Å². The van der Waals surface area contributed by atoms with E-state index in [0.717, 1.165) is 11.1 Å². The van der Waals surface area contributed by atoms with Crippen molar-refractivity contribution in [3.63, 3.8) is 0 Å². The van der Waals surface area contributed by atoms with Crippen LogP contribution < -0.4 is 0 Å². The minimum absolute atomic E-state index is 0.226. The zero-order valence-corrected chi connectivity index (χ0v) is 23.3. The zero-order valence-electron chi connectivity index (χ0n) is 21.3. The van der Waals surface area contributed by atoms with Gasteiger partial charge in [-0.05, 0) is 33.3 Å². The van der Waals surface area contributed by atoms with Gasteiger partial charge in [0.25, 0.3) is 0 Å². The van der Waals surface area contributed by atoms with Gasteiger partial charge in [0, 0.05) is 0 Å². The molecule has 180 valence electrons. The molecule has 0 aliphatic carbocycles. The Balaban J connectivity index is 2.66. The predicted octanol–water partition coefficient (Wildman–Crippen LogP) is 5.15. The standard InChI is InChI=1S/C24H40O6Si2/c1-15(2)31(16(3)4)21(23(25)27-9)19(13-29-31)11-12-20-14-30-32(17(5)6,18(7)8)22(20)24(26)28-10/h11-12,15-18H,13-14H2,1-10H3/b12-11+. The summed E-state index contributed by atoms with van der Waals surface area (Å²) in [5.41, 5.74) is 2.59. The lowest BCUT2D eigenvalue weighted by molar-refractivity contribution is -0.136. The molecule has 0 saturated heterocycles. The van der Waals surface area contributed by atoms with Gasteiger partial charge in [0.1, 0.15) is 0 Å². The smallest absolute Gasteiger partial charge is 0.332 e. The Labute approximate surface area is 195 Å². The summed E-state index contributed by atoms with van der Waals surface area (Å²) in [5, 5.41) is 1.41. The minimum Gasteiger partial charge on any atom is -0.466 e. The van der Waals surface area contributed by atoms with E-state index < -0.39 is 16.6 Å². The third-order valence-corrected chi connectivity index (χ3v) is 17.8. The highest BCUT2D eigenvalue weighted by molar-refractivity contribution is 6.88. The van der Waals surface area contributed by atoms with Crippen LogP contribution in [0.1, 0.15) is 55.4 Å². The Hall–Kier alpha value is -1.49. The van der Waals surface area contributed by atoms with Crippen molar-refractivity contribution in [3.8, 4) is 0 Å². The number of hydrogen-bond acceptors (Lipinski definition) is 6. The molecule has 0 saturated carbocycles. The molecular formula is C24H40O6Si2. The van der Waals surface area contributed by atoms with Gasteiger partial charge in [0.05, 0.1) is 37.8 Å². The van der Waals surface area contributed by atoms with Crippen molar-refractivity contribution < 1.29 is 27.9 Å². The first-order valence-electron chi connectivity index (χ1n) is 11.5. The first kappa shape index (κ1) is 26.8. The molecular weight excluding hydrogens is 440 g/mol. The molecule has 2 aliphatic heterocycles. The largest absolute Gasteiger partial charge is 0.466 e. The normalized spacial score (nSPS) is 20.6. The maximum Gasteiger partial charge on any atom is 0.332 e. The summed E-state index contributed by atoms with van der Waals surface area (Å²) in [6.45, 7) is 17.7. The highest BCUT2D eigenvalue weighted by Gasteiger charge is 2.55. The second kappa shape index (κ2) is 10.2. The Morgan fingerprint density at radius 2 is 0.969 bits per heavy atom. The number of esters is 2. The van der Waals surface area contributed by atoms with Crippen LogP contribution in [-0.2, 0) is 27.9 Å². The summed E-state index contributed by atoms with van der Waals surface area (Å²) in [5.74, 6) is -0.622. The lowest BCUT2D eigenvalue weighted by atomic mass is 10.1. The van der Waals surface area contributed by atoms with Crippen molar-refractivity contribution in [3.05, 3.63) is 33.7 Å². The van der Waals surface area contributed by atoms with E-state index in [2.05, 4.69) is 55.4 Å². The summed E-state index contributed by atoms with van der Waals surface area (Å²) in [6, 6.07) is 0. The van der Waals surface area contributed by atoms with Crippen molar-refractivity contribution >= 4 is 28.6 Å². The van der Waals surface area contributed by atoms with Crippen LogP contribution in [0, 0.1) is 0 Å². The lowest BCUT2D eigenvalue weighted by Crippen LogP contribution is -2.47. The van der Waals surface area contributed by atoms with Crippen LogP contribution in [0.15, 0.2) is 33.7 Å². The highest BCUT2D eigenvalue weighted by atomic mass is 28.4. The van der Waals surface area contributed by atoms with E-state index in [1.165, 1.54) is 14.2 Å². The fraction of sp³-hybridized carbons (Fsp3) is 0.667. The molecule has 0 aromatic rings. The van der Waals surface area contributed by atoms with E-state index in [0.29, 0.717) is 23.6 Å². The van der Waals surface area contributed by atoms with E-state index in [4.69, 9.17) is 18.3 Å². The highest BCUT2D eigenvalue weighted by Crippen LogP contribution is 2.47. The molecule has 0 atom stereocenters. The molecule has 8 heteroatoms. The third kappa shape index (κ3) is 4.22. The molecule has 2 rings (SSSR count). The minimum atomic E-state index is -2.53. The molecule has 0 aromatic heterocycles.